The maximum absolute atomic E-state index is 12.1. The number of hydrogen-bond acceptors (Lipinski definition) is 7. The first-order valence-electron chi connectivity index (χ1n) is 17.2. The summed E-state index contributed by atoms with van der Waals surface area (Å²) in [4.78, 5) is 46.8. The number of carbonyl (C=O) groups is 4. The van der Waals surface area contributed by atoms with Gasteiger partial charge in [0.1, 0.15) is 17.0 Å². The molecular formula is C35H65NO7. The van der Waals surface area contributed by atoms with Gasteiger partial charge in [0.15, 0.2) is 0 Å². The molecule has 0 aromatic rings. The number of hydrogen-bond donors (Lipinski definition) is 1. The molecule has 0 fully saturated rings. The van der Waals surface area contributed by atoms with Gasteiger partial charge in [-0.05, 0) is 67.2 Å². The van der Waals surface area contributed by atoms with Crippen LogP contribution in [0.25, 0.3) is 0 Å². The van der Waals surface area contributed by atoms with E-state index >= 15 is 0 Å². The molecule has 0 aromatic carbocycles. The summed E-state index contributed by atoms with van der Waals surface area (Å²) in [5.41, 5.74) is -1.11. The number of unbranched alkanes of at least 4 members (excludes halogenated alkanes) is 17. The third-order valence-electron chi connectivity index (χ3n) is 6.97. The van der Waals surface area contributed by atoms with Crippen molar-refractivity contribution in [3.05, 3.63) is 0 Å². The van der Waals surface area contributed by atoms with Gasteiger partial charge in [0.2, 0.25) is 0 Å². The fourth-order valence-corrected chi connectivity index (χ4v) is 4.73. The van der Waals surface area contributed by atoms with E-state index in [9.17, 15) is 19.2 Å². The van der Waals surface area contributed by atoms with E-state index in [4.69, 9.17) is 9.47 Å². The molecule has 0 saturated heterocycles. The molecular weight excluding hydrogens is 546 g/mol. The Morgan fingerprint density at radius 3 is 1.21 bits per heavy atom. The first-order valence-corrected chi connectivity index (χ1v) is 17.2. The highest BCUT2D eigenvalue weighted by Crippen LogP contribution is 2.15. The molecule has 0 aliphatic heterocycles. The van der Waals surface area contributed by atoms with E-state index in [1.54, 1.807) is 20.8 Å². The lowest BCUT2D eigenvalue weighted by Gasteiger charge is -2.19. The van der Waals surface area contributed by atoms with Crippen molar-refractivity contribution in [2.45, 2.75) is 194 Å². The van der Waals surface area contributed by atoms with Crippen LogP contribution in [0, 0.1) is 0 Å². The average Bonchev–Trinajstić information content (AvgIpc) is 2.87. The molecule has 252 valence electrons. The minimum absolute atomic E-state index is 0.248. The molecule has 8 heteroatoms. The molecule has 8 nitrogen and oxygen atoms in total. The Bertz CT molecular complexity index is 752. The Hall–Kier alpha value is -2.12. The van der Waals surface area contributed by atoms with E-state index in [0.717, 1.165) is 77.0 Å². The summed E-state index contributed by atoms with van der Waals surface area (Å²) in [5.74, 6) is -0.0927. The molecule has 0 aliphatic rings. The Labute approximate surface area is 263 Å². The predicted molar refractivity (Wildman–Crippen MR) is 173 cm³/mol. The summed E-state index contributed by atoms with van der Waals surface area (Å²) in [6, 6.07) is 0. The zero-order valence-corrected chi connectivity index (χ0v) is 28.6. The SMILES string of the molecule is CC(C)(C)OC(=O)NCCCCCCCCCCCC(=O)CCCCCCCCCCCCC(=O)OC(=O)OC(C)(C)C. The van der Waals surface area contributed by atoms with Gasteiger partial charge in [-0.25, -0.2) is 9.59 Å². The van der Waals surface area contributed by atoms with Gasteiger partial charge in [0.25, 0.3) is 0 Å². The van der Waals surface area contributed by atoms with Crippen LogP contribution in [0.3, 0.4) is 0 Å². The Balaban J connectivity index is 3.35. The lowest BCUT2D eigenvalue weighted by atomic mass is 10.0. The van der Waals surface area contributed by atoms with Gasteiger partial charge < -0.3 is 19.5 Å². The number of nitrogens with one attached hydrogen (secondary N) is 1. The molecule has 0 unspecified atom stereocenters. The number of esters is 1. The van der Waals surface area contributed by atoms with E-state index in [-0.39, 0.29) is 12.5 Å². The number of carbonyl (C=O) groups excluding carboxylic acids is 4. The van der Waals surface area contributed by atoms with Gasteiger partial charge >= 0.3 is 18.2 Å². The maximum atomic E-state index is 12.1. The van der Waals surface area contributed by atoms with Gasteiger partial charge in [0.05, 0.1) is 0 Å². The Morgan fingerprint density at radius 1 is 0.465 bits per heavy atom. The van der Waals surface area contributed by atoms with Crippen molar-refractivity contribution >= 4 is 24.0 Å². The van der Waals surface area contributed by atoms with Crippen LogP contribution in [-0.2, 0) is 23.8 Å². The zero-order valence-electron chi connectivity index (χ0n) is 28.6. The molecule has 0 aliphatic carbocycles. The van der Waals surface area contributed by atoms with Crippen LogP contribution < -0.4 is 5.32 Å². The highest BCUT2D eigenvalue weighted by Gasteiger charge is 2.20. The van der Waals surface area contributed by atoms with E-state index in [0.29, 0.717) is 12.3 Å². The van der Waals surface area contributed by atoms with E-state index in [1.807, 2.05) is 20.8 Å². The molecule has 0 radical (unpaired) electrons. The molecule has 0 spiro atoms. The summed E-state index contributed by atoms with van der Waals surface area (Å²) < 4.78 is 14.9. The summed E-state index contributed by atoms with van der Waals surface area (Å²) in [7, 11) is 0. The molecule has 1 amide bonds. The standard InChI is InChI=1S/C35H65NO7/c1-34(2,3)42-32(39)36-29-25-21-17-13-9-11-15-19-23-27-30(37)26-22-18-14-10-7-8-12-16-20-24-28-31(38)41-33(40)43-35(4,5)6/h7-29H2,1-6H3,(H,36,39). The number of ether oxygens (including phenoxy) is 3. The highest BCUT2D eigenvalue weighted by atomic mass is 16.7. The lowest BCUT2D eigenvalue weighted by Crippen LogP contribution is -2.32. The third-order valence-corrected chi connectivity index (χ3v) is 6.97. The topological polar surface area (TPSA) is 108 Å². The van der Waals surface area contributed by atoms with Crippen LogP contribution in [0.15, 0.2) is 0 Å². The largest absolute Gasteiger partial charge is 0.516 e. The fourth-order valence-electron chi connectivity index (χ4n) is 4.73. The van der Waals surface area contributed by atoms with Crippen molar-refractivity contribution in [2.24, 2.45) is 0 Å². The smallest absolute Gasteiger partial charge is 0.444 e. The van der Waals surface area contributed by atoms with E-state index < -0.39 is 23.3 Å². The van der Waals surface area contributed by atoms with Crippen molar-refractivity contribution in [1.29, 1.82) is 0 Å². The molecule has 0 rings (SSSR count). The Morgan fingerprint density at radius 2 is 0.814 bits per heavy atom. The molecule has 0 aromatic heterocycles. The number of Topliss-reactive ketones (excluding diaryl/α,β-unsaturated/α-hetero) is 1. The second-order valence-electron chi connectivity index (χ2n) is 13.9. The van der Waals surface area contributed by atoms with Crippen molar-refractivity contribution in [3.8, 4) is 0 Å². The molecule has 43 heavy (non-hydrogen) atoms. The molecule has 0 saturated carbocycles. The van der Waals surface area contributed by atoms with Crippen LogP contribution in [0.5, 0.6) is 0 Å². The minimum atomic E-state index is -0.920. The minimum Gasteiger partial charge on any atom is -0.444 e. The molecule has 1 N–H and O–H groups in total. The normalized spacial score (nSPS) is 11.7. The zero-order chi connectivity index (χ0) is 32.4. The average molecular weight is 612 g/mol. The molecule has 0 heterocycles. The van der Waals surface area contributed by atoms with Crippen LogP contribution in [0.2, 0.25) is 0 Å². The highest BCUT2D eigenvalue weighted by molar-refractivity contribution is 5.81. The van der Waals surface area contributed by atoms with E-state index in [2.05, 4.69) is 10.1 Å². The van der Waals surface area contributed by atoms with E-state index in [1.165, 1.54) is 57.8 Å². The number of rotatable bonds is 25. The van der Waals surface area contributed by atoms with Gasteiger partial charge in [0, 0.05) is 25.8 Å². The number of alkyl carbamates (subject to hydrolysis) is 1. The van der Waals surface area contributed by atoms with Crippen LogP contribution >= 0.6 is 0 Å². The molecule has 0 bridgehead atoms. The van der Waals surface area contributed by atoms with Crippen molar-refractivity contribution in [1.82, 2.24) is 5.32 Å². The van der Waals surface area contributed by atoms with Crippen LogP contribution in [0.4, 0.5) is 9.59 Å². The van der Waals surface area contributed by atoms with Crippen LogP contribution in [-0.4, -0.2) is 41.7 Å². The second-order valence-corrected chi connectivity index (χ2v) is 13.9. The third kappa shape index (κ3) is 32.6. The fraction of sp³-hybridized carbons (Fsp3) is 0.886. The molecule has 0 atom stereocenters. The quantitative estimate of drug-likeness (QED) is 0.0621. The van der Waals surface area contributed by atoms with Gasteiger partial charge in [-0.3, -0.25) is 9.59 Å². The van der Waals surface area contributed by atoms with Crippen LogP contribution in [0.1, 0.15) is 183 Å². The lowest BCUT2D eigenvalue weighted by molar-refractivity contribution is -0.141. The predicted octanol–water partition coefficient (Wildman–Crippen LogP) is 10.1. The van der Waals surface area contributed by atoms with Gasteiger partial charge in [-0.2, -0.15) is 0 Å². The monoisotopic (exact) mass is 611 g/mol. The van der Waals surface area contributed by atoms with Crippen molar-refractivity contribution in [2.75, 3.05) is 6.54 Å². The summed E-state index contributed by atoms with van der Waals surface area (Å²) in [6.45, 7) is 11.5. The van der Waals surface area contributed by atoms with Gasteiger partial charge in [-0.1, -0.05) is 96.3 Å². The van der Waals surface area contributed by atoms with Crippen molar-refractivity contribution in [3.63, 3.8) is 0 Å². The number of ketones is 1. The number of amides is 1. The van der Waals surface area contributed by atoms with Crippen molar-refractivity contribution < 1.29 is 33.4 Å². The first kappa shape index (κ1) is 40.9. The second kappa shape index (κ2) is 25.2. The summed E-state index contributed by atoms with van der Waals surface area (Å²) >= 11 is 0. The summed E-state index contributed by atoms with van der Waals surface area (Å²) in [5, 5.41) is 2.81. The maximum Gasteiger partial charge on any atom is 0.516 e. The summed E-state index contributed by atoms with van der Waals surface area (Å²) in [6.07, 6.45) is 21.9. The first-order chi connectivity index (χ1) is 20.3. The Kier molecular flexibility index (Phi) is 24.0. The van der Waals surface area contributed by atoms with Gasteiger partial charge in [-0.15, -0.1) is 0 Å².